The molecule has 0 atom stereocenters. The summed E-state index contributed by atoms with van der Waals surface area (Å²) in [6, 6.07) is 5.94. The monoisotopic (exact) mass is 301 g/mol. The van der Waals surface area contributed by atoms with Crippen LogP contribution < -0.4 is 10.1 Å². The standard InChI is InChI=1S/C15H21Cl2NO/c1-11-2-4-14(5-3-11)18-6-7-19-15-9-12(16)8-13(17)10-15/h8-11,14,18H,2-7H2,1H3. The summed E-state index contributed by atoms with van der Waals surface area (Å²) < 4.78 is 5.65. The molecule has 1 aromatic carbocycles. The molecule has 1 aliphatic carbocycles. The van der Waals surface area contributed by atoms with Crippen molar-refractivity contribution < 1.29 is 4.74 Å². The molecule has 1 fully saturated rings. The minimum absolute atomic E-state index is 0.608. The van der Waals surface area contributed by atoms with E-state index in [1.54, 1.807) is 18.2 Å². The first-order valence-electron chi connectivity index (χ1n) is 6.96. The van der Waals surface area contributed by atoms with E-state index in [0.717, 1.165) is 18.2 Å². The van der Waals surface area contributed by atoms with Gasteiger partial charge < -0.3 is 10.1 Å². The van der Waals surface area contributed by atoms with E-state index in [9.17, 15) is 0 Å². The van der Waals surface area contributed by atoms with Gasteiger partial charge in [-0.2, -0.15) is 0 Å². The highest BCUT2D eigenvalue weighted by Crippen LogP contribution is 2.24. The number of hydrogen-bond donors (Lipinski definition) is 1. The number of hydrogen-bond acceptors (Lipinski definition) is 2. The van der Waals surface area contributed by atoms with Crippen LogP contribution in [0.15, 0.2) is 18.2 Å². The minimum Gasteiger partial charge on any atom is -0.492 e. The maximum Gasteiger partial charge on any atom is 0.122 e. The van der Waals surface area contributed by atoms with Crippen molar-refractivity contribution in [2.24, 2.45) is 5.92 Å². The molecule has 1 aliphatic rings. The summed E-state index contributed by atoms with van der Waals surface area (Å²) in [5, 5.41) is 4.77. The van der Waals surface area contributed by atoms with Crippen LogP contribution in [0.25, 0.3) is 0 Å². The zero-order chi connectivity index (χ0) is 13.7. The van der Waals surface area contributed by atoms with Crippen LogP contribution in [-0.4, -0.2) is 19.2 Å². The van der Waals surface area contributed by atoms with E-state index < -0.39 is 0 Å². The first-order chi connectivity index (χ1) is 9.13. The van der Waals surface area contributed by atoms with Gasteiger partial charge in [-0.15, -0.1) is 0 Å². The molecule has 0 spiro atoms. The summed E-state index contributed by atoms with van der Waals surface area (Å²) in [7, 11) is 0. The molecule has 2 nitrogen and oxygen atoms in total. The van der Waals surface area contributed by atoms with E-state index in [2.05, 4.69) is 12.2 Å². The molecule has 0 saturated heterocycles. The highest BCUT2D eigenvalue weighted by molar-refractivity contribution is 6.34. The summed E-state index contributed by atoms with van der Waals surface area (Å²) in [6.45, 7) is 3.84. The van der Waals surface area contributed by atoms with E-state index >= 15 is 0 Å². The lowest BCUT2D eigenvalue weighted by Crippen LogP contribution is -2.35. The molecule has 4 heteroatoms. The van der Waals surface area contributed by atoms with E-state index in [4.69, 9.17) is 27.9 Å². The number of nitrogens with one attached hydrogen (secondary N) is 1. The number of benzene rings is 1. The summed E-state index contributed by atoms with van der Waals surface area (Å²) in [5.41, 5.74) is 0. The predicted molar refractivity (Wildman–Crippen MR) is 81.4 cm³/mol. The maximum atomic E-state index is 5.92. The number of ether oxygens (including phenoxy) is 1. The van der Waals surface area contributed by atoms with Crippen molar-refractivity contribution in [2.45, 2.75) is 38.6 Å². The van der Waals surface area contributed by atoms with Gasteiger partial charge in [-0.25, -0.2) is 0 Å². The highest BCUT2D eigenvalue weighted by atomic mass is 35.5. The van der Waals surface area contributed by atoms with E-state index in [0.29, 0.717) is 22.7 Å². The zero-order valence-corrected chi connectivity index (χ0v) is 12.8. The Morgan fingerprint density at radius 3 is 2.37 bits per heavy atom. The SMILES string of the molecule is CC1CCC(NCCOc2cc(Cl)cc(Cl)c2)CC1. The number of halogens is 2. The van der Waals surface area contributed by atoms with Crippen LogP contribution in [0.3, 0.4) is 0 Å². The second kappa shape index (κ2) is 7.37. The Bertz CT molecular complexity index is 383. The molecule has 0 unspecified atom stereocenters. The smallest absolute Gasteiger partial charge is 0.122 e. The quantitative estimate of drug-likeness (QED) is 0.806. The van der Waals surface area contributed by atoms with Crippen molar-refractivity contribution in [3.8, 4) is 5.75 Å². The third kappa shape index (κ3) is 5.21. The average Bonchev–Trinajstić information content (AvgIpc) is 2.36. The van der Waals surface area contributed by atoms with E-state index in [1.807, 2.05) is 0 Å². The molecule has 2 rings (SSSR count). The maximum absolute atomic E-state index is 5.92. The molecule has 0 aliphatic heterocycles. The molecule has 1 N–H and O–H groups in total. The summed E-state index contributed by atoms with van der Waals surface area (Å²) in [6.07, 6.45) is 5.24. The van der Waals surface area contributed by atoms with Gasteiger partial charge in [0.1, 0.15) is 12.4 Å². The largest absolute Gasteiger partial charge is 0.492 e. The van der Waals surface area contributed by atoms with Gasteiger partial charge in [0.2, 0.25) is 0 Å². The van der Waals surface area contributed by atoms with Gasteiger partial charge in [0.05, 0.1) is 0 Å². The Morgan fingerprint density at radius 2 is 1.74 bits per heavy atom. The third-order valence-corrected chi connectivity index (χ3v) is 4.09. The normalized spacial score (nSPS) is 23.3. The Labute approximate surface area is 125 Å². The summed E-state index contributed by atoms with van der Waals surface area (Å²) >= 11 is 11.8. The van der Waals surface area contributed by atoms with Gasteiger partial charge >= 0.3 is 0 Å². The van der Waals surface area contributed by atoms with Gasteiger partial charge in [0.25, 0.3) is 0 Å². The van der Waals surface area contributed by atoms with Crippen molar-refractivity contribution in [2.75, 3.05) is 13.2 Å². The fourth-order valence-corrected chi connectivity index (χ4v) is 3.01. The van der Waals surface area contributed by atoms with Crippen molar-refractivity contribution in [3.63, 3.8) is 0 Å². The van der Waals surface area contributed by atoms with Crippen LogP contribution in [0, 0.1) is 5.92 Å². The number of rotatable bonds is 5. The average molecular weight is 302 g/mol. The Balaban J connectivity index is 1.66. The lowest BCUT2D eigenvalue weighted by Gasteiger charge is -2.27. The fourth-order valence-electron chi connectivity index (χ4n) is 2.51. The lowest BCUT2D eigenvalue weighted by atomic mass is 9.87. The van der Waals surface area contributed by atoms with E-state index in [-0.39, 0.29) is 0 Å². The van der Waals surface area contributed by atoms with Crippen LogP contribution in [-0.2, 0) is 0 Å². The molecule has 0 radical (unpaired) electrons. The van der Waals surface area contributed by atoms with Crippen molar-refractivity contribution in [3.05, 3.63) is 28.2 Å². The third-order valence-electron chi connectivity index (χ3n) is 3.66. The van der Waals surface area contributed by atoms with Crippen molar-refractivity contribution in [1.82, 2.24) is 5.32 Å². The topological polar surface area (TPSA) is 21.3 Å². The summed E-state index contributed by atoms with van der Waals surface area (Å²) in [5.74, 6) is 1.62. The molecule has 0 bridgehead atoms. The van der Waals surface area contributed by atoms with Crippen molar-refractivity contribution in [1.29, 1.82) is 0 Å². The van der Waals surface area contributed by atoms with Gasteiger partial charge in [-0.05, 0) is 49.8 Å². The van der Waals surface area contributed by atoms with Crippen LogP contribution in [0.1, 0.15) is 32.6 Å². The Hall–Kier alpha value is -0.440. The van der Waals surface area contributed by atoms with Crippen LogP contribution in [0.4, 0.5) is 0 Å². The van der Waals surface area contributed by atoms with Crippen molar-refractivity contribution >= 4 is 23.2 Å². The van der Waals surface area contributed by atoms with Gasteiger partial charge in [-0.3, -0.25) is 0 Å². The second-order valence-electron chi connectivity index (χ2n) is 5.36. The molecule has 106 valence electrons. The molecule has 0 amide bonds. The second-order valence-corrected chi connectivity index (χ2v) is 6.24. The molecular weight excluding hydrogens is 281 g/mol. The fraction of sp³-hybridized carbons (Fsp3) is 0.600. The Kier molecular flexibility index (Phi) is 5.80. The van der Waals surface area contributed by atoms with Crippen LogP contribution in [0.2, 0.25) is 10.0 Å². The van der Waals surface area contributed by atoms with Crippen LogP contribution >= 0.6 is 23.2 Å². The summed E-state index contributed by atoms with van der Waals surface area (Å²) in [4.78, 5) is 0. The molecule has 0 heterocycles. The first kappa shape index (κ1) is 15.0. The molecule has 0 aromatic heterocycles. The van der Waals surface area contributed by atoms with Gasteiger partial charge in [0, 0.05) is 22.6 Å². The first-order valence-corrected chi connectivity index (χ1v) is 7.71. The van der Waals surface area contributed by atoms with Gasteiger partial charge in [-0.1, -0.05) is 30.1 Å². The van der Waals surface area contributed by atoms with Gasteiger partial charge in [0.15, 0.2) is 0 Å². The lowest BCUT2D eigenvalue weighted by molar-refractivity contribution is 0.270. The Morgan fingerprint density at radius 1 is 1.11 bits per heavy atom. The zero-order valence-electron chi connectivity index (χ0n) is 11.3. The van der Waals surface area contributed by atoms with E-state index in [1.165, 1.54) is 25.7 Å². The molecule has 1 aromatic rings. The highest BCUT2D eigenvalue weighted by Gasteiger charge is 2.17. The molecule has 19 heavy (non-hydrogen) atoms. The molecular formula is C15H21Cl2NO. The predicted octanol–water partition coefficient (Wildman–Crippen LogP) is 4.54. The minimum atomic E-state index is 0.608. The molecule has 1 saturated carbocycles. The van der Waals surface area contributed by atoms with Crippen LogP contribution in [0.5, 0.6) is 5.75 Å².